The topological polar surface area (TPSA) is 76.8 Å². The smallest absolute Gasteiger partial charge is 0.334 e. The van der Waals surface area contributed by atoms with Crippen LogP contribution in [0.2, 0.25) is 0 Å². The third-order valence-electron chi connectivity index (χ3n) is 4.52. The Morgan fingerprint density at radius 2 is 2.12 bits per heavy atom. The van der Waals surface area contributed by atoms with Gasteiger partial charge in [-0.1, -0.05) is 0 Å². The summed E-state index contributed by atoms with van der Waals surface area (Å²) < 4.78 is 12.7. The number of morpholine rings is 1. The third-order valence-corrected chi connectivity index (χ3v) is 4.52. The molecule has 0 aromatic carbocycles. The highest BCUT2D eigenvalue weighted by molar-refractivity contribution is 6.46. The minimum atomic E-state index is -0.954. The van der Waals surface area contributed by atoms with E-state index in [1.54, 1.807) is 27.5 Å². The average molecular weight is 336 g/mol. The molecule has 1 fully saturated rings. The summed E-state index contributed by atoms with van der Waals surface area (Å²) in [5.41, 5.74) is -0.814. The molecular formula is C16H27BN3O4. The largest absolute Gasteiger partial charge is 0.427 e. The SMILES string of the molecule is CC(C)(O)C(C)(C)O[B]c1cnn(CCCN2CCOCC2=O)c1. The fourth-order valence-electron chi connectivity index (χ4n) is 2.13. The second-order valence-corrected chi connectivity index (χ2v) is 7.13. The third kappa shape index (κ3) is 5.06. The summed E-state index contributed by atoms with van der Waals surface area (Å²) in [5.74, 6) is 0.0537. The van der Waals surface area contributed by atoms with Crippen LogP contribution in [0.1, 0.15) is 34.1 Å². The number of hydrogen-bond acceptors (Lipinski definition) is 5. The van der Waals surface area contributed by atoms with Gasteiger partial charge in [0.15, 0.2) is 0 Å². The van der Waals surface area contributed by atoms with E-state index in [2.05, 4.69) is 5.10 Å². The lowest BCUT2D eigenvalue weighted by molar-refractivity contribution is -0.142. The van der Waals surface area contributed by atoms with Crippen LogP contribution in [-0.2, 0) is 20.7 Å². The Bertz CT molecular complexity index is 554. The molecule has 0 aliphatic carbocycles. The summed E-state index contributed by atoms with van der Waals surface area (Å²) >= 11 is 0. The van der Waals surface area contributed by atoms with Crippen LogP contribution in [0.15, 0.2) is 12.4 Å². The van der Waals surface area contributed by atoms with Gasteiger partial charge >= 0.3 is 7.48 Å². The highest BCUT2D eigenvalue weighted by atomic mass is 16.5. The van der Waals surface area contributed by atoms with Crippen molar-refractivity contribution in [2.24, 2.45) is 0 Å². The first-order valence-electron chi connectivity index (χ1n) is 8.30. The van der Waals surface area contributed by atoms with Gasteiger partial charge in [-0.2, -0.15) is 5.10 Å². The first kappa shape index (κ1) is 19.0. The summed E-state index contributed by atoms with van der Waals surface area (Å²) in [6, 6.07) is 0. The number of aryl methyl sites for hydroxylation is 1. The molecule has 1 aliphatic heterocycles. The van der Waals surface area contributed by atoms with Gasteiger partial charge in [0.2, 0.25) is 5.91 Å². The summed E-state index contributed by atoms with van der Waals surface area (Å²) in [4.78, 5) is 13.5. The van der Waals surface area contributed by atoms with E-state index in [1.807, 2.05) is 29.6 Å². The number of ether oxygens (including phenoxy) is 1. The van der Waals surface area contributed by atoms with Crippen molar-refractivity contribution in [2.75, 3.05) is 26.3 Å². The standard InChI is InChI=1S/C16H27BN3O4/c1-15(2,22)16(3,4)24-17-13-10-18-20(11-13)7-5-6-19-8-9-23-12-14(19)21/h10-11,22H,5-9,12H2,1-4H3. The van der Waals surface area contributed by atoms with Crippen molar-refractivity contribution in [1.82, 2.24) is 14.7 Å². The van der Waals surface area contributed by atoms with Gasteiger partial charge in [-0.05, 0) is 39.6 Å². The molecule has 1 aromatic rings. The van der Waals surface area contributed by atoms with E-state index in [1.165, 1.54) is 0 Å². The minimum Gasteiger partial charge on any atom is -0.427 e. The van der Waals surface area contributed by atoms with Crippen LogP contribution in [-0.4, -0.2) is 70.7 Å². The first-order chi connectivity index (χ1) is 11.2. The van der Waals surface area contributed by atoms with Crippen LogP contribution < -0.4 is 5.46 Å². The Kier molecular flexibility index (Phi) is 6.06. The zero-order chi connectivity index (χ0) is 17.8. The molecule has 133 valence electrons. The summed E-state index contributed by atoms with van der Waals surface area (Å²) in [6.07, 6.45) is 4.45. The number of aliphatic hydroxyl groups is 1. The number of carbonyl (C=O) groups excluding carboxylic acids is 1. The van der Waals surface area contributed by atoms with Crippen molar-refractivity contribution in [3.63, 3.8) is 0 Å². The summed E-state index contributed by atoms with van der Waals surface area (Å²) in [7, 11) is 1.62. The molecule has 0 saturated carbocycles. The number of aromatic nitrogens is 2. The second kappa shape index (κ2) is 7.67. The van der Waals surface area contributed by atoms with Crippen molar-refractivity contribution in [1.29, 1.82) is 0 Å². The maximum Gasteiger partial charge on any atom is 0.334 e. The lowest BCUT2D eigenvalue weighted by Gasteiger charge is -2.37. The fourth-order valence-corrected chi connectivity index (χ4v) is 2.13. The zero-order valence-corrected chi connectivity index (χ0v) is 15.0. The van der Waals surface area contributed by atoms with Crippen molar-refractivity contribution in [2.45, 2.75) is 51.9 Å². The minimum absolute atomic E-state index is 0.0537. The fraction of sp³-hybridized carbons (Fsp3) is 0.750. The number of amides is 1. The Morgan fingerprint density at radius 1 is 1.38 bits per heavy atom. The number of nitrogens with zero attached hydrogens (tertiary/aromatic N) is 3. The van der Waals surface area contributed by atoms with Crippen LogP contribution in [0.25, 0.3) is 0 Å². The van der Waals surface area contributed by atoms with Gasteiger partial charge in [-0.15, -0.1) is 0 Å². The van der Waals surface area contributed by atoms with Crippen LogP contribution in [0.3, 0.4) is 0 Å². The molecule has 2 heterocycles. The number of hydrogen-bond donors (Lipinski definition) is 1. The van der Waals surface area contributed by atoms with Gasteiger partial charge in [0.05, 0.1) is 17.8 Å². The monoisotopic (exact) mass is 336 g/mol. The first-order valence-corrected chi connectivity index (χ1v) is 8.30. The molecule has 0 bridgehead atoms. The van der Waals surface area contributed by atoms with E-state index in [0.717, 1.165) is 18.4 Å². The number of carbonyl (C=O) groups is 1. The van der Waals surface area contributed by atoms with Gasteiger partial charge in [-0.25, -0.2) is 0 Å². The lowest BCUT2D eigenvalue weighted by Crippen LogP contribution is -2.49. The molecular weight excluding hydrogens is 309 g/mol. The predicted octanol–water partition coefficient (Wildman–Crippen LogP) is -0.0574. The van der Waals surface area contributed by atoms with Crippen molar-refractivity contribution < 1.29 is 19.3 Å². The molecule has 1 radical (unpaired) electrons. The van der Waals surface area contributed by atoms with E-state index in [4.69, 9.17) is 9.39 Å². The average Bonchev–Trinajstić information content (AvgIpc) is 2.94. The molecule has 24 heavy (non-hydrogen) atoms. The molecule has 1 aromatic heterocycles. The van der Waals surface area contributed by atoms with Crippen molar-refractivity contribution >= 4 is 18.9 Å². The summed E-state index contributed by atoms with van der Waals surface area (Å²) in [5, 5.41) is 14.4. The molecule has 1 amide bonds. The molecule has 1 aliphatic rings. The van der Waals surface area contributed by atoms with Gasteiger partial charge in [0.25, 0.3) is 0 Å². The van der Waals surface area contributed by atoms with E-state index in [9.17, 15) is 9.90 Å². The van der Waals surface area contributed by atoms with Crippen LogP contribution >= 0.6 is 0 Å². The molecule has 2 rings (SSSR count). The Balaban J connectivity index is 1.76. The van der Waals surface area contributed by atoms with E-state index >= 15 is 0 Å². The normalized spacial score (nSPS) is 16.5. The van der Waals surface area contributed by atoms with Crippen molar-refractivity contribution in [3.8, 4) is 0 Å². The van der Waals surface area contributed by atoms with E-state index < -0.39 is 11.2 Å². The highest BCUT2D eigenvalue weighted by Crippen LogP contribution is 2.24. The molecule has 8 heteroatoms. The van der Waals surface area contributed by atoms with Crippen LogP contribution in [0.4, 0.5) is 0 Å². The molecule has 1 N–H and O–H groups in total. The Morgan fingerprint density at radius 3 is 2.79 bits per heavy atom. The van der Waals surface area contributed by atoms with Gasteiger partial charge in [-0.3, -0.25) is 9.48 Å². The summed E-state index contributed by atoms with van der Waals surface area (Å²) in [6.45, 7) is 10.0. The van der Waals surface area contributed by atoms with Crippen LogP contribution in [0.5, 0.6) is 0 Å². The van der Waals surface area contributed by atoms with Gasteiger partial charge in [0.1, 0.15) is 6.61 Å². The van der Waals surface area contributed by atoms with E-state index in [-0.39, 0.29) is 12.5 Å². The maximum atomic E-state index is 11.6. The van der Waals surface area contributed by atoms with Gasteiger partial charge in [0, 0.05) is 32.0 Å². The van der Waals surface area contributed by atoms with Gasteiger partial charge < -0.3 is 19.4 Å². The molecule has 0 atom stereocenters. The lowest BCUT2D eigenvalue weighted by atomic mass is 9.84. The number of rotatable bonds is 8. The maximum absolute atomic E-state index is 11.6. The van der Waals surface area contributed by atoms with E-state index in [0.29, 0.717) is 19.7 Å². The Labute approximate surface area is 144 Å². The van der Waals surface area contributed by atoms with Crippen LogP contribution in [0, 0.1) is 0 Å². The molecule has 1 saturated heterocycles. The van der Waals surface area contributed by atoms with Crippen molar-refractivity contribution in [3.05, 3.63) is 12.4 Å². The highest BCUT2D eigenvalue weighted by Gasteiger charge is 2.35. The Hall–Kier alpha value is -1.38. The molecule has 0 unspecified atom stereocenters. The molecule has 7 nitrogen and oxygen atoms in total. The molecule has 0 spiro atoms. The predicted molar refractivity (Wildman–Crippen MR) is 91.1 cm³/mol. The quantitative estimate of drug-likeness (QED) is 0.673. The zero-order valence-electron chi connectivity index (χ0n) is 15.0. The second-order valence-electron chi connectivity index (χ2n) is 7.13.